The van der Waals surface area contributed by atoms with Crippen molar-refractivity contribution in [3.05, 3.63) is 23.3 Å². The summed E-state index contributed by atoms with van der Waals surface area (Å²) in [4.78, 5) is 2.88. The number of methoxy groups -OCH3 is 1. The van der Waals surface area contributed by atoms with Gasteiger partial charge in [0, 0.05) is 23.6 Å². The van der Waals surface area contributed by atoms with E-state index in [1.54, 1.807) is 18.2 Å². The van der Waals surface area contributed by atoms with Crippen molar-refractivity contribution < 1.29 is 9.47 Å². The molecule has 0 amide bonds. The first-order valence-corrected chi connectivity index (χ1v) is 10.4. The molecule has 3 heteroatoms. The second-order valence-corrected chi connectivity index (χ2v) is 9.13. The molecule has 6 rings (SSSR count). The van der Waals surface area contributed by atoms with E-state index in [0.29, 0.717) is 6.10 Å². The Labute approximate surface area is 150 Å². The van der Waals surface area contributed by atoms with Gasteiger partial charge in [-0.3, -0.25) is 4.90 Å². The molecule has 3 nitrogen and oxygen atoms in total. The molecule has 25 heavy (non-hydrogen) atoms. The van der Waals surface area contributed by atoms with Crippen molar-refractivity contribution >= 4 is 0 Å². The molecule has 4 atom stereocenters. The fourth-order valence-electron chi connectivity index (χ4n) is 6.98. The van der Waals surface area contributed by atoms with Crippen molar-refractivity contribution in [2.75, 3.05) is 20.2 Å². The summed E-state index contributed by atoms with van der Waals surface area (Å²) in [5, 5.41) is 0. The maximum absolute atomic E-state index is 6.61. The molecule has 0 aromatic heterocycles. The van der Waals surface area contributed by atoms with Crippen LogP contribution in [0.15, 0.2) is 12.1 Å². The monoisotopic (exact) mass is 339 g/mol. The van der Waals surface area contributed by atoms with Crippen molar-refractivity contribution in [2.24, 2.45) is 11.8 Å². The van der Waals surface area contributed by atoms with Crippen molar-refractivity contribution in [1.82, 2.24) is 4.90 Å². The van der Waals surface area contributed by atoms with E-state index in [1.165, 1.54) is 64.5 Å². The number of likely N-dealkylation sites (tertiary alicyclic amines) is 1. The first-order valence-electron chi connectivity index (χ1n) is 10.4. The lowest BCUT2D eigenvalue weighted by Crippen LogP contribution is -2.64. The minimum Gasteiger partial charge on any atom is -0.493 e. The topological polar surface area (TPSA) is 21.7 Å². The van der Waals surface area contributed by atoms with Gasteiger partial charge in [0.25, 0.3) is 0 Å². The van der Waals surface area contributed by atoms with Crippen LogP contribution in [0.2, 0.25) is 0 Å². The fourth-order valence-corrected chi connectivity index (χ4v) is 6.98. The summed E-state index contributed by atoms with van der Waals surface area (Å²) in [6.45, 7) is 2.62. The second kappa shape index (κ2) is 5.16. The average molecular weight is 339 g/mol. The second-order valence-electron chi connectivity index (χ2n) is 9.13. The van der Waals surface area contributed by atoms with Gasteiger partial charge in [-0.05, 0) is 75.0 Å². The van der Waals surface area contributed by atoms with E-state index in [-0.39, 0.29) is 5.41 Å². The summed E-state index contributed by atoms with van der Waals surface area (Å²) in [7, 11) is 1.78. The van der Waals surface area contributed by atoms with Gasteiger partial charge >= 0.3 is 0 Å². The maximum Gasteiger partial charge on any atom is 0.165 e. The standard InChI is InChI=1S/C22H29NO2/c1-24-18-9-8-15-12-17-16-6-3-7-19-22(16,20(15)21(18)25-19)10-11-23(17)13-14-4-2-5-14/h8-9,14,16-17,19H,2-7,10-13H2,1H3/t16-,17+,19-,22?/m1/s1. The van der Waals surface area contributed by atoms with Gasteiger partial charge < -0.3 is 9.47 Å². The Morgan fingerprint density at radius 1 is 1.20 bits per heavy atom. The molecule has 2 bridgehead atoms. The number of ether oxygens (including phenoxy) is 2. The van der Waals surface area contributed by atoms with Gasteiger partial charge in [0.05, 0.1) is 7.11 Å². The van der Waals surface area contributed by atoms with Crippen LogP contribution >= 0.6 is 0 Å². The molecular weight excluding hydrogens is 310 g/mol. The van der Waals surface area contributed by atoms with E-state index >= 15 is 0 Å². The zero-order valence-corrected chi connectivity index (χ0v) is 15.3. The van der Waals surface area contributed by atoms with Crippen molar-refractivity contribution in [3.63, 3.8) is 0 Å². The lowest BCUT2D eigenvalue weighted by Gasteiger charge is -2.59. The van der Waals surface area contributed by atoms with Gasteiger partial charge in [0.15, 0.2) is 11.5 Å². The molecule has 1 saturated heterocycles. The first kappa shape index (κ1) is 14.9. The van der Waals surface area contributed by atoms with Crippen LogP contribution in [0.1, 0.15) is 56.1 Å². The molecule has 1 unspecified atom stereocenters. The normalized spacial score (nSPS) is 38.7. The van der Waals surface area contributed by atoms with Gasteiger partial charge in [0.2, 0.25) is 0 Å². The Hall–Kier alpha value is -1.22. The van der Waals surface area contributed by atoms with Gasteiger partial charge in [-0.15, -0.1) is 0 Å². The van der Waals surface area contributed by atoms with Crippen LogP contribution in [0.4, 0.5) is 0 Å². The summed E-state index contributed by atoms with van der Waals surface area (Å²) in [5.41, 5.74) is 3.40. The highest BCUT2D eigenvalue weighted by atomic mass is 16.5. The Kier molecular flexibility index (Phi) is 3.07. The highest BCUT2D eigenvalue weighted by molar-refractivity contribution is 5.60. The Bertz CT molecular complexity index is 712. The van der Waals surface area contributed by atoms with Crippen LogP contribution < -0.4 is 9.47 Å². The molecular formula is C22H29NO2. The average Bonchev–Trinajstić information content (AvgIpc) is 2.93. The summed E-state index contributed by atoms with van der Waals surface area (Å²) in [5.74, 6) is 3.82. The molecule has 1 spiro atoms. The molecule has 0 N–H and O–H groups in total. The number of nitrogens with zero attached hydrogens (tertiary/aromatic N) is 1. The minimum absolute atomic E-state index is 0.288. The Balaban J connectivity index is 1.46. The van der Waals surface area contributed by atoms with Crippen molar-refractivity contribution in [1.29, 1.82) is 0 Å². The van der Waals surface area contributed by atoms with Crippen LogP contribution in [0.5, 0.6) is 11.5 Å². The van der Waals surface area contributed by atoms with Crippen molar-refractivity contribution in [3.8, 4) is 11.5 Å². The maximum atomic E-state index is 6.61. The number of piperidine rings is 1. The Morgan fingerprint density at radius 3 is 2.88 bits per heavy atom. The van der Waals surface area contributed by atoms with Gasteiger partial charge in [0.1, 0.15) is 6.10 Å². The van der Waals surface area contributed by atoms with Gasteiger partial charge in [-0.25, -0.2) is 0 Å². The van der Waals surface area contributed by atoms with E-state index in [0.717, 1.165) is 29.4 Å². The van der Waals surface area contributed by atoms with E-state index in [9.17, 15) is 0 Å². The van der Waals surface area contributed by atoms with Gasteiger partial charge in [-0.1, -0.05) is 12.5 Å². The SMILES string of the molecule is COc1ccc2c3c1O[C@@H]1CCC[C@@H]4[C@H](C2)N(CC2CCC2)CCC341. The predicted octanol–water partition coefficient (Wildman–Crippen LogP) is 3.92. The first-order chi connectivity index (χ1) is 12.3. The van der Waals surface area contributed by atoms with Crippen molar-refractivity contribution in [2.45, 2.75) is 68.9 Å². The molecule has 134 valence electrons. The molecule has 2 heterocycles. The van der Waals surface area contributed by atoms with Gasteiger partial charge in [-0.2, -0.15) is 0 Å². The van der Waals surface area contributed by atoms with Crippen LogP contribution in [-0.4, -0.2) is 37.2 Å². The third-order valence-electron chi connectivity index (χ3n) is 8.26. The third kappa shape index (κ3) is 1.81. The molecule has 5 aliphatic rings. The summed E-state index contributed by atoms with van der Waals surface area (Å²) < 4.78 is 12.3. The predicted molar refractivity (Wildman–Crippen MR) is 97.5 cm³/mol. The number of hydrogen-bond donors (Lipinski definition) is 0. The zero-order chi connectivity index (χ0) is 16.6. The molecule has 0 radical (unpaired) electrons. The summed E-state index contributed by atoms with van der Waals surface area (Å²) >= 11 is 0. The molecule has 2 aliphatic heterocycles. The van der Waals surface area contributed by atoms with Crippen LogP contribution in [0, 0.1) is 11.8 Å². The highest BCUT2D eigenvalue weighted by Crippen LogP contribution is 2.63. The smallest absolute Gasteiger partial charge is 0.165 e. The third-order valence-corrected chi connectivity index (χ3v) is 8.26. The summed E-state index contributed by atoms with van der Waals surface area (Å²) in [6.07, 6.45) is 11.2. The highest BCUT2D eigenvalue weighted by Gasteiger charge is 2.63. The Morgan fingerprint density at radius 2 is 2.08 bits per heavy atom. The lowest BCUT2D eigenvalue weighted by atomic mass is 9.52. The zero-order valence-electron chi connectivity index (χ0n) is 15.3. The van der Waals surface area contributed by atoms with E-state index in [2.05, 4.69) is 17.0 Å². The molecule has 3 aliphatic carbocycles. The van der Waals surface area contributed by atoms with Crippen LogP contribution in [-0.2, 0) is 11.8 Å². The largest absolute Gasteiger partial charge is 0.493 e. The summed E-state index contributed by atoms with van der Waals surface area (Å²) in [6, 6.07) is 5.23. The van der Waals surface area contributed by atoms with E-state index in [1.807, 2.05) is 0 Å². The molecule has 2 saturated carbocycles. The minimum atomic E-state index is 0.288. The quantitative estimate of drug-likeness (QED) is 0.833. The number of hydrogen-bond acceptors (Lipinski definition) is 3. The lowest BCUT2D eigenvalue weighted by molar-refractivity contribution is -0.0592. The number of rotatable bonds is 3. The number of benzene rings is 1. The van der Waals surface area contributed by atoms with E-state index in [4.69, 9.17) is 9.47 Å². The fraction of sp³-hybridized carbons (Fsp3) is 0.727. The molecule has 1 aromatic rings. The molecule has 1 aromatic carbocycles. The molecule has 3 fully saturated rings. The van der Waals surface area contributed by atoms with Crippen LogP contribution in [0.25, 0.3) is 0 Å². The van der Waals surface area contributed by atoms with Crippen LogP contribution in [0.3, 0.4) is 0 Å². The van der Waals surface area contributed by atoms with E-state index < -0.39 is 0 Å².